The van der Waals surface area contributed by atoms with E-state index in [1.807, 2.05) is 0 Å². The van der Waals surface area contributed by atoms with Crippen LogP contribution < -0.4 is 16.0 Å². The molecular weight excluding hydrogens is 291 g/mol. The Bertz CT molecular complexity index is 541. The summed E-state index contributed by atoms with van der Waals surface area (Å²) in [7, 11) is 0. The molecule has 1 rings (SSSR count). The van der Waals surface area contributed by atoms with E-state index >= 15 is 0 Å². The first-order valence-corrected chi connectivity index (χ1v) is 5.71. The van der Waals surface area contributed by atoms with E-state index < -0.39 is 24.5 Å². The molecule has 0 aliphatic heterocycles. The summed E-state index contributed by atoms with van der Waals surface area (Å²) in [4.78, 5) is 32.6. The number of benzene rings is 1. The zero-order valence-electron chi connectivity index (χ0n) is 10.9. The lowest BCUT2D eigenvalue weighted by molar-refractivity contribution is -0.173. The van der Waals surface area contributed by atoms with Crippen molar-refractivity contribution in [3.05, 3.63) is 24.3 Å². The molecule has 3 amide bonds. The molecule has 0 radical (unpaired) electrons. The molecule has 1 aromatic carbocycles. The summed E-state index contributed by atoms with van der Waals surface area (Å²) >= 11 is 0. The Labute approximate surface area is 117 Å². The van der Waals surface area contributed by atoms with Gasteiger partial charge in [0.15, 0.2) is 0 Å². The van der Waals surface area contributed by atoms with Gasteiger partial charge in [-0.3, -0.25) is 14.4 Å². The highest BCUT2D eigenvalue weighted by atomic mass is 19.4. The van der Waals surface area contributed by atoms with Gasteiger partial charge in [-0.25, -0.2) is 0 Å². The average Bonchev–Trinajstić information content (AvgIpc) is 2.36. The van der Waals surface area contributed by atoms with Crippen LogP contribution in [-0.2, 0) is 14.4 Å². The molecule has 0 heterocycles. The Morgan fingerprint density at radius 1 is 1.00 bits per heavy atom. The molecule has 0 saturated heterocycles. The van der Waals surface area contributed by atoms with E-state index in [4.69, 9.17) is 0 Å². The van der Waals surface area contributed by atoms with E-state index in [0.29, 0.717) is 11.4 Å². The fraction of sp³-hybridized carbons (Fsp3) is 0.250. The highest BCUT2D eigenvalue weighted by Gasteiger charge is 2.38. The summed E-state index contributed by atoms with van der Waals surface area (Å²) in [6.07, 6.45) is -5.03. The normalized spacial score (nSPS) is 10.7. The number of carbonyl (C=O) groups is 3. The van der Waals surface area contributed by atoms with Gasteiger partial charge in [-0.1, -0.05) is 0 Å². The Hall–Kier alpha value is -2.58. The zero-order chi connectivity index (χ0) is 16.0. The van der Waals surface area contributed by atoms with E-state index in [1.165, 1.54) is 36.5 Å². The Kier molecular flexibility index (Phi) is 5.28. The quantitative estimate of drug-likeness (QED) is 0.782. The highest BCUT2D eigenvalue weighted by Crippen LogP contribution is 2.14. The molecule has 0 spiro atoms. The van der Waals surface area contributed by atoms with Gasteiger partial charge < -0.3 is 16.0 Å². The summed E-state index contributed by atoms with van der Waals surface area (Å²) in [5.74, 6) is -3.25. The lowest BCUT2D eigenvalue weighted by atomic mass is 10.2. The average molecular weight is 303 g/mol. The summed E-state index contributed by atoms with van der Waals surface area (Å²) in [5, 5.41) is 6.25. The fourth-order valence-corrected chi connectivity index (χ4v) is 1.31. The lowest BCUT2D eigenvalue weighted by Crippen LogP contribution is -2.41. The van der Waals surface area contributed by atoms with Crippen molar-refractivity contribution < 1.29 is 27.6 Å². The third kappa shape index (κ3) is 5.93. The number of alkyl halides is 3. The van der Waals surface area contributed by atoms with Crippen LogP contribution in [0.4, 0.5) is 24.5 Å². The molecule has 0 aliphatic rings. The van der Waals surface area contributed by atoms with E-state index in [0.717, 1.165) is 0 Å². The van der Waals surface area contributed by atoms with E-state index in [2.05, 4.69) is 10.6 Å². The van der Waals surface area contributed by atoms with Crippen molar-refractivity contribution in [1.29, 1.82) is 0 Å². The van der Waals surface area contributed by atoms with Gasteiger partial charge in [0.25, 0.3) is 0 Å². The molecule has 6 nitrogen and oxygen atoms in total. The number of nitrogens with one attached hydrogen (secondary N) is 3. The van der Waals surface area contributed by atoms with Gasteiger partial charge in [0, 0.05) is 18.3 Å². The minimum Gasteiger partial charge on any atom is -0.339 e. The minimum atomic E-state index is -5.03. The maximum absolute atomic E-state index is 11.9. The monoisotopic (exact) mass is 303 g/mol. The topological polar surface area (TPSA) is 87.3 Å². The third-order valence-electron chi connectivity index (χ3n) is 2.16. The summed E-state index contributed by atoms with van der Waals surface area (Å²) in [6.45, 7) is 0.533. The van der Waals surface area contributed by atoms with Crippen molar-refractivity contribution in [1.82, 2.24) is 5.32 Å². The van der Waals surface area contributed by atoms with Gasteiger partial charge in [0.1, 0.15) is 0 Å². The zero-order valence-corrected chi connectivity index (χ0v) is 10.9. The van der Waals surface area contributed by atoms with Gasteiger partial charge in [-0.2, -0.15) is 13.2 Å². The lowest BCUT2D eigenvalue weighted by Gasteiger charge is -2.09. The van der Waals surface area contributed by atoms with Crippen LogP contribution in [0.3, 0.4) is 0 Å². The largest absolute Gasteiger partial charge is 0.471 e. The smallest absolute Gasteiger partial charge is 0.339 e. The van der Waals surface area contributed by atoms with Crippen LogP contribution in [0.1, 0.15) is 6.92 Å². The third-order valence-corrected chi connectivity index (χ3v) is 2.16. The maximum atomic E-state index is 11.9. The molecule has 3 N–H and O–H groups in total. The standard InChI is InChI=1S/C12H12F3N3O3/c1-7(19)17-8-2-4-9(5-3-8)18-10(20)6-16-11(21)12(13,14)15/h2-5H,6H2,1H3,(H,16,21)(H,17,19)(H,18,20). The van der Waals surface area contributed by atoms with Crippen LogP contribution in [0.2, 0.25) is 0 Å². The van der Waals surface area contributed by atoms with Crippen molar-refractivity contribution >= 4 is 29.1 Å². The van der Waals surface area contributed by atoms with Crippen molar-refractivity contribution in [2.45, 2.75) is 13.1 Å². The summed E-state index contributed by atoms with van der Waals surface area (Å²) in [5.41, 5.74) is 0.821. The second kappa shape index (κ2) is 6.73. The number of hydrogen-bond acceptors (Lipinski definition) is 3. The van der Waals surface area contributed by atoms with E-state index in [9.17, 15) is 27.6 Å². The second-order valence-corrected chi connectivity index (χ2v) is 3.99. The number of amides is 3. The van der Waals surface area contributed by atoms with Crippen molar-refractivity contribution in [3.8, 4) is 0 Å². The molecular formula is C12H12F3N3O3. The molecule has 1 aromatic rings. The molecule has 114 valence electrons. The second-order valence-electron chi connectivity index (χ2n) is 3.99. The van der Waals surface area contributed by atoms with Crippen LogP contribution in [-0.4, -0.2) is 30.4 Å². The number of anilines is 2. The number of halogens is 3. The number of carbonyl (C=O) groups excluding carboxylic acids is 3. The van der Waals surface area contributed by atoms with Crippen molar-refractivity contribution in [3.63, 3.8) is 0 Å². The van der Waals surface area contributed by atoms with Crippen LogP contribution in [0.5, 0.6) is 0 Å². The summed E-state index contributed by atoms with van der Waals surface area (Å²) < 4.78 is 35.7. The highest BCUT2D eigenvalue weighted by molar-refractivity contribution is 5.95. The van der Waals surface area contributed by atoms with E-state index in [-0.39, 0.29) is 5.91 Å². The Balaban J connectivity index is 2.48. The van der Waals surface area contributed by atoms with Gasteiger partial charge in [-0.15, -0.1) is 0 Å². The predicted molar refractivity (Wildman–Crippen MR) is 68.4 cm³/mol. The molecule has 0 aliphatic carbocycles. The first-order chi connectivity index (χ1) is 9.68. The van der Waals surface area contributed by atoms with Crippen LogP contribution >= 0.6 is 0 Å². The Morgan fingerprint density at radius 3 is 1.90 bits per heavy atom. The first-order valence-electron chi connectivity index (χ1n) is 5.71. The van der Waals surface area contributed by atoms with Crippen LogP contribution in [0.15, 0.2) is 24.3 Å². The molecule has 0 atom stereocenters. The molecule has 0 saturated carbocycles. The van der Waals surface area contributed by atoms with Gasteiger partial charge in [0.05, 0.1) is 6.54 Å². The van der Waals surface area contributed by atoms with Gasteiger partial charge >= 0.3 is 12.1 Å². The molecule has 9 heteroatoms. The SMILES string of the molecule is CC(=O)Nc1ccc(NC(=O)CNC(=O)C(F)(F)F)cc1. The van der Waals surface area contributed by atoms with Gasteiger partial charge in [0.2, 0.25) is 11.8 Å². The molecule has 0 aromatic heterocycles. The molecule has 0 unspecified atom stereocenters. The maximum Gasteiger partial charge on any atom is 0.471 e. The van der Waals surface area contributed by atoms with Crippen LogP contribution in [0, 0.1) is 0 Å². The van der Waals surface area contributed by atoms with Crippen molar-refractivity contribution in [2.24, 2.45) is 0 Å². The number of rotatable bonds is 4. The van der Waals surface area contributed by atoms with Crippen molar-refractivity contribution in [2.75, 3.05) is 17.2 Å². The number of hydrogen-bond donors (Lipinski definition) is 3. The molecule has 0 bridgehead atoms. The predicted octanol–water partition coefficient (Wildman–Crippen LogP) is 1.26. The van der Waals surface area contributed by atoms with Crippen LogP contribution in [0.25, 0.3) is 0 Å². The molecule has 21 heavy (non-hydrogen) atoms. The first kappa shape index (κ1) is 16.5. The van der Waals surface area contributed by atoms with E-state index in [1.54, 1.807) is 0 Å². The van der Waals surface area contributed by atoms with Gasteiger partial charge in [-0.05, 0) is 24.3 Å². The summed E-state index contributed by atoms with van der Waals surface area (Å²) in [6, 6.07) is 5.92. The fourth-order valence-electron chi connectivity index (χ4n) is 1.31. The minimum absolute atomic E-state index is 0.262. The molecule has 0 fully saturated rings. The Morgan fingerprint density at radius 2 is 1.48 bits per heavy atom.